The number of carbonyl (C=O) groups is 2. The van der Waals surface area contributed by atoms with Gasteiger partial charge in [0.2, 0.25) is 5.16 Å². The molecule has 3 aromatic carbocycles. The summed E-state index contributed by atoms with van der Waals surface area (Å²) < 4.78 is 12.4. The van der Waals surface area contributed by atoms with E-state index < -0.39 is 28.6 Å². The zero-order valence-electron chi connectivity index (χ0n) is 24.1. The minimum atomic E-state index is -1.13. The average Bonchev–Trinajstić information content (AvgIpc) is 3.45. The Balaban J connectivity index is 1.43. The number of hydrazone groups is 1. The molecule has 0 saturated carbocycles. The monoisotopic (exact) mass is 618 g/mol. The molecule has 228 valence electrons. The molecule has 1 heterocycles. The summed E-state index contributed by atoms with van der Waals surface area (Å²) in [5.74, 6) is -0.672. The van der Waals surface area contributed by atoms with E-state index >= 15 is 0 Å². The second-order valence-corrected chi connectivity index (χ2v) is 11.2. The van der Waals surface area contributed by atoms with Gasteiger partial charge in [0.05, 0.1) is 34.9 Å². The van der Waals surface area contributed by atoms with Gasteiger partial charge < -0.3 is 14.8 Å². The number of rotatable bonds is 12. The van der Waals surface area contributed by atoms with Crippen LogP contribution in [0.1, 0.15) is 31.9 Å². The maximum atomic E-state index is 12.9. The Kier molecular flexibility index (Phi) is 10.7. The topological polar surface area (TPSA) is 176 Å². The lowest BCUT2D eigenvalue weighted by molar-refractivity contribution is -0.387. The lowest BCUT2D eigenvalue weighted by Gasteiger charge is -2.22. The van der Waals surface area contributed by atoms with Gasteiger partial charge in [0.15, 0.2) is 0 Å². The molecule has 4 rings (SSSR count). The molecular formula is C29H30N8O6S. The quantitative estimate of drug-likeness (QED) is 0.132. The van der Waals surface area contributed by atoms with Crippen molar-refractivity contribution in [2.75, 3.05) is 6.61 Å². The summed E-state index contributed by atoms with van der Waals surface area (Å²) in [6, 6.07) is 21.8. The van der Waals surface area contributed by atoms with E-state index in [2.05, 4.69) is 31.4 Å². The Hall–Kier alpha value is -5.15. The number of hydrogen-bond donors (Lipinski definition) is 2. The van der Waals surface area contributed by atoms with Gasteiger partial charge in [0, 0.05) is 11.6 Å². The number of hydrogen-bond acceptors (Lipinski definition) is 11. The fourth-order valence-corrected chi connectivity index (χ4v) is 4.54. The average molecular weight is 619 g/mol. The molecule has 1 atom stereocenters. The van der Waals surface area contributed by atoms with Crippen molar-refractivity contribution in [3.8, 4) is 5.69 Å². The Labute approximate surface area is 257 Å². The molecule has 2 N–H and O–H groups in total. The van der Waals surface area contributed by atoms with Gasteiger partial charge in [-0.15, -0.1) is 5.10 Å². The molecule has 4 aromatic rings. The first kappa shape index (κ1) is 31.8. The minimum Gasteiger partial charge on any atom is -0.444 e. The van der Waals surface area contributed by atoms with E-state index in [1.165, 1.54) is 17.0 Å². The number of para-hydroxylation sites is 1. The number of nitrogens with one attached hydrogen (secondary N) is 2. The number of aromatic nitrogens is 4. The molecule has 0 unspecified atom stereocenters. The second-order valence-electron chi connectivity index (χ2n) is 10.2. The van der Waals surface area contributed by atoms with Crippen molar-refractivity contribution in [1.82, 2.24) is 30.9 Å². The van der Waals surface area contributed by atoms with Gasteiger partial charge in [0.25, 0.3) is 11.6 Å². The fourth-order valence-electron chi connectivity index (χ4n) is 3.67. The van der Waals surface area contributed by atoms with Crippen molar-refractivity contribution < 1.29 is 24.0 Å². The highest BCUT2D eigenvalue weighted by Gasteiger charge is 2.25. The first-order chi connectivity index (χ1) is 21.1. The number of alkyl carbamates (subject to hydrolysis) is 1. The van der Waals surface area contributed by atoms with Gasteiger partial charge >= 0.3 is 6.09 Å². The molecule has 0 aliphatic carbocycles. The smallest absolute Gasteiger partial charge is 0.408 e. The van der Waals surface area contributed by atoms with Crippen LogP contribution in [0.3, 0.4) is 0 Å². The number of nitrogens with zero attached hydrogens (tertiary/aromatic N) is 6. The van der Waals surface area contributed by atoms with E-state index in [1.807, 2.05) is 60.7 Å². The first-order valence-electron chi connectivity index (χ1n) is 13.3. The lowest BCUT2D eigenvalue weighted by atomic mass is 10.2. The minimum absolute atomic E-state index is 0.157. The predicted molar refractivity (Wildman–Crippen MR) is 161 cm³/mol. The Morgan fingerprint density at radius 1 is 1.09 bits per heavy atom. The van der Waals surface area contributed by atoms with Crippen LogP contribution < -0.4 is 10.7 Å². The van der Waals surface area contributed by atoms with Crippen LogP contribution in [0.5, 0.6) is 0 Å². The SMILES string of the molecule is CC(C)(C)OC(=O)N[C@@H](COCc1ccccc1)C(=O)N/N=C\c1ccc(Sc2nnnn2-c2ccccc2)c([N+](=O)[O-])c1. The normalized spacial score (nSPS) is 12.1. The molecular weight excluding hydrogens is 588 g/mol. The van der Waals surface area contributed by atoms with Crippen LogP contribution in [0.15, 0.2) is 94.0 Å². The highest BCUT2D eigenvalue weighted by atomic mass is 32.2. The molecule has 44 heavy (non-hydrogen) atoms. The molecule has 0 spiro atoms. The van der Waals surface area contributed by atoms with Crippen molar-refractivity contribution in [3.05, 3.63) is 100 Å². The number of amides is 2. The van der Waals surface area contributed by atoms with Crippen LogP contribution in [0.4, 0.5) is 10.5 Å². The van der Waals surface area contributed by atoms with Crippen molar-refractivity contribution in [3.63, 3.8) is 0 Å². The molecule has 0 bridgehead atoms. The maximum Gasteiger partial charge on any atom is 0.408 e. The van der Waals surface area contributed by atoms with Crippen LogP contribution in [-0.4, -0.2) is 61.6 Å². The Bertz CT molecular complexity index is 1610. The zero-order chi connectivity index (χ0) is 31.5. The number of carbonyl (C=O) groups excluding carboxylic acids is 2. The van der Waals surface area contributed by atoms with Gasteiger partial charge in [-0.2, -0.15) is 9.78 Å². The van der Waals surface area contributed by atoms with Crippen LogP contribution >= 0.6 is 11.8 Å². The van der Waals surface area contributed by atoms with Gasteiger partial charge in [-0.25, -0.2) is 10.2 Å². The largest absolute Gasteiger partial charge is 0.444 e. The summed E-state index contributed by atoms with van der Waals surface area (Å²) in [4.78, 5) is 37.0. The van der Waals surface area contributed by atoms with E-state index in [-0.39, 0.29) is 18.9 Å². The van der Waals surface area contributed by atoms with Gasteiger partial charge in [0.1, 0.15) is 11.6 Å². The van der Waals surface area contributed by atoms with Crippen molar-refractivity contribution in [2.45, 2.75) is 49.1 Å². The molecule has 1 aromatic heterocycles. The zero-order valence-corrected chi connectivity index (χ0v) is 24.9. The highest BCUT2D eigenvalue weighted by Crippen LogP contribution is 2.34. The van der Waals surface area contributed by atoms with E-state index in [0.29, 0.717) is 21.3 Å². The number of nitro benzene ring substituents is 1. The summed E-state index contributed by atoms with van der Waals surface area (Å²) in [7, 11) is 0. The third kappa shape index (κ3) is 9.43. The number of nitro groups is 1. The van der Waals surface area contributed by atoms with Crippen LogP contribution in [0, 0.1) is 10.1 Å². The number of benzene rings is 3. The molecule has 0 aliphatic heterocycles. The van der Waals surface area contributed by atoms with E-state index in [0.717, 1.165) is 17.3 Å². The van der Waals surface area contributed by atoms with Crippen LogP contribution in [-0.2, 0) is 20.9 Å². The van der Waals surface area contributed by atoms with E-state index in [4.69, 9.17) is 9.47 Å². The highest BCUT2D eigenvalue weighted by molar-refractivity contribution is 7.99. The molecule has 0 fully saturated rings. The second kappa shape index (κ2) is 14.8. The molecule has 0 radical (unpaired) electrons. The van der Waals surface area contributed by atoms with Gasteiger partial charge in [-0.1, -0.05) is 54.6 Å². The van der Waals surface area contributed by atoms with Crippen LogP contribution in [0.2, 0.25) is 0 Å². The molecule has 0 aliphatic rings. The predicted octanol–water partition coefficient (Wildman–Crippen LogP) is 4.28. The fraction of sp³-hybridized carbons (Fsp3) is 0.241. The van der Waals surface area contributed by atoms with Crippen molar-refractivity contribution >= 4 is 35.7 Å². The summed E-state index contributed by atoms with van der Waals surface area (Å²) in [6.45, 7) is 5.16. The van der Waals surface area contributed by atoms with Crippen LogP contribution in [0.25, 0.3) is 5.69 Å². The summed E-state index contributed by atoms with van der Waals surface area (Å²) >= 11 is 1.03. The Morgan fingerprint density at radius 3 is 2.48 bits per heavy atom. The van der Waals surface area contributed by atoms with Gasteiger partial charge in [-0.3, -0.25) is 14.9 Å². The molecule has 0 saturated heterocycles. The van der Waals surface area contributed by atoms with Crippen molar-refractivity contribution in [2.24, 2.45) is 5.10 Å². The standard InChI is InChI=1S/C29H30N8O6S/c1-29(2,3)43-28(39)31-23(19-42-18-20-10-6-4-7-11-20)26(38)32-30-17-21-14-15-25(24(16-21)37(40)41)44-27-33-34-35-36(27)22-12-8-5-9-13-22/h4-17,23H,18-19H2,1-3H3,(H,31,39)(H,32,38)/b30-17-/t23-/m0/s1. The molecule has 15 heteroatoms. The third-order valence-corrected chi connectivity index (χ3v) is 6.62. The third-order valence-electron chi connectivity index (χ3n) is 5.61. The molecule has 2 amide bonds. The first-order valence-corrected chi connectivity index (χ1v) is 14.1. The Morgan fingerprint density at radius 2 is 1.80 bits per heavy atom. The summed E-state index contributed by atoms with van der Waals surface area (Å²) in [5, 5.41) is 30.3. The summed E-state index contributed by atoms with van der Waals surface area (Å²) in [5.41, 5.74) is 3.31. The molecule has 14 nitrogen and oxygen atoms in total. The lowest BCUT2D eigenvalue weighted by Crippen LogP contribution is -2.49. The summed E-state index contributed by atoms with van der Waals surface area (Å²) in [6.07, 6.45) is 0.454. The number of tetrazole rings is 1. The van der Waals surface area contributed by atoms with Gasteiger partial charge in [-0.05, 0) is 66.7 Å². The van der Waals surface area contributed by atoms with E-state index in [1.54, 1.807) is 32.9 Å². The number of ether oxygens (including phenoxy) is 2. The van der Waals surface area contributed by atoms with Crippen molar-refractivity contribution in [1.29, 1.82) is 0 Å². The maximum absolute atomic E-state index is 12.9. The van der Waals surface area contributed by atoms with E-state index in [9.17, 15) is 19.7 Å².